The minimum absolute atomic E-state index is 0.169. The molecule has 3 amide bonds. The minimum atomic E-state index is -0.855. The van der Waals surface area contributed by atoms with Gasteiger partial charge in [0.25, 0.3) is 5.91 Å². The fourth-order valence-corrected chi connectivity index (χ4v) is 3.45. The van der Waals surface area contributed by atoms with Gasteiger partial charge in [0.2, 0.25) is 0 Å². The summed E-state index contributed by atoms with van der Waals surface area (Å²) in [5, 5.41) is 2.84. The van der Waals surface area contributed by atoms with Gasteiger partial charge in [0.15, 0.2) is 11.6 Å². The minimum Gasteiger partial charge on any atom is -0.322 e. The topological polar surface area (TPSA) is 52.7 Å². The van der Waals surface area contributed by atoms with Crippen LogP contribution in [0.2, 0.25) is 0 Å². The third-order valence-corrected chi connectivity index (χ3v) is 4.76. The molecule has 2 aliphatic heterocycles. The molecule has 24 heavy (non-hydrogen) atoms. The van der Waals surface area contributed by atoms with Gasteiger partial charge in [-0.05, 0) is 44.4 Å². The van der Waals surface area contributed by atoms with Gasteiger partial charge in [-0.3, -0.25) is 9.69 Å². The van der Waals surface area contributed by atoms with E-state index in [1.54, 1.807) is 6.07 Å². The summed E-state index contributed by atoms with van der Waals surface area (Å²) in [6, 6.07) is 3.37. The fourth-order valence-electron chi connectivity index (χ4n) is 3.45. The Morgan fingerprint density at radius 3 is 2.62 bits per heavy atom. The molecule has 1 unspecified atom stereocenters. The Morgan fingerprint density at radius 2 is 2.00 bits per heavy atom. The summed E-state index contributed by atoms with van der Waals surface area (Å²) >= 11 is 0. The SMILES string of the molecule is CC(C)N1C(=O)NC2(CCN(CCc3ccc(F)c(F)c3)C2)C1=O. The molecule has 7 heteroatoms. The summed E-state index contributed by atoms with van der Waals surface area (Å²) in [4.78, 5) is 28.0. The van der Waals surface area contributed by atoms with E-state index in [0.29, 0.717) is 38.0 Å². The molecule has 3 rings (SSSR count). The van der Waals surface area contributed by atoms with Gasteiger partial charge in [0, 0.05) is 25.7 Å². The maximum absolute atomic E-state index is 13.2. The number of nitrogens with zero attached hydrogens (tertiary/aromatic N) is 2. The van der Waals surface area contributed by atoms with Crippen LogP contribution in [-0.4, -0.2) is 53.0 Å². The molecule has 1 aromatic carbocycles. The number of urea groups is 1. The van der Waals surface area contributed by atoms with Crippen molar-refractivity contribution in [3.8, 4) is 0 Å². The maximum atomic E-state index is 13.2. The van der Waals surface area contributed by atoms with Gasteiger partial charge in [0.05, 0.1) is 0 Å². The highest BCUT2D eigenvalue weighted by Crippen LogP contribution is 2.29. The molecule has 0 radical (unpaired) electrons. The van der Waals surface area contributed by atoms with Gasteiger partial charge in [-0.2, -0.15) is 0 Å². The Balaban J connectivity index is 1.62. The third-order valence-electron chi connectivity index (χ3n) is 4.76. The standard InChI is InChI=1S/C17H21F2N3O2/c1-11(2)22-15(23)17(20-16(22)24)6-8-21(10-17)7-5-12-3-4-13(18)14(19)9-12/h3-4,9,11H,5-8,10H2,1-2H3,(H,20,24). The lowest BCUT2D eigenvalue weighted by atomic mass is 9.98. The highest BCUT2D eigenvalue weighted by atomic mass is 19.2. The van der Waals surface area contributed by atoms with Crippen LogP contribution in [0.3, 0.4) is 0 Å². The van der Waals surface area contributed by atoms with E-state index in [-0.39, 0.29) is 18.0 Å². The van der Waals surface area contributed by atoms with Crippen LogP contribution in [0.15, 0.2) is 18.2 Å². The Morgan fingerprint density at radius 1 is 1.25 bits per heavy atom. The van der Waals surface area contributed by atoms with Crippen LogP contribution in [-0.2, 0) is 11.2 Å². The Hall–Kier alpha value is -2.02. The van der Waals surface area contributed by atoms with Crippen molar-refractivity contribution < 1.29 is 18.4 Å². The van der Waals surface area contributed by atoms with E-state index in [1.165, 1.54) is 11.0 Å². The quantitative estimate of drug-likeness (QED) is 0.854. The number of carbonyl (C=O) groups is 2. The van der Waals surface area contributed by atoms with Crippen LogP contribution in [0.5, 0.6) is 0 Å². The van der Waals surface area contributed by atoms with Gasteiger partial charge in [-0.15, -0.1) is 0 Å². The Labute approximate surface area is 139 Å². The smallest absolute Gasteiger partial charge is 0.322 e. The first kappa shape index (κ1) is 16.8. The van der Waals surface area contributed by atoms with Crippen LogP contribution >= 0.6 is 0 Å². The van der Waals surface area contributed by atoms with Crippen molar-refractivity contribution in [3.05, 3.63) is 35.4 Å². The second kappa shape index (κ2) is 6.12. The van der Waals surface area contributed by atoms with Crippen molar-refractivity contribution in [2.24, 2.45) is 0 Å². The number of hydrogen-bond acceptors (Lipinski definition) is 3. The molecule has 2 heterocycles. The number of nitrogens with one attached hydrogen (secondary N) is 1. The predicted octanol–water partition coefficient (Wildman–Crippen LogP) is 1.91. The summed E-state index contributed by atoms with van der Waals surface area (Å²) in [6.07, 6.45) is 1.13. The van der Waals surface area contributed by atoms with E-state index in [2.05, 4.69) is 10.2 Å². The average molecular weight is 337 g/mol. The summed E-state index contributed by atoms with van der Waals surface area (Å²) < 4.78 is 26.2. The second-order valence-electron chi connectivity index (χ2n) is 6.81. The number of halogens is 2. The van der Waals surface area contributed by atoms with E-state index in [1.807, 2.05) is 13.8 Å². The van der Waals surface area contributed by atoms with Gasteiger partial charge in [0.1, 0.15) is 5.54 Å². The molecule has 0 saturated carbocycles. The van der Waals surface area contributed by atoms with Crippen molar-refractivity contribution in [1.29, 1.82) is 0 Å². The van der Waals surface area contributed by atoms with Crippen molar-refractivity contribution in [3.63, 3.8) is 0 Å². The van der Waals surface area contributed by atoms with Crippen molar-refractivity contribution in [2.45, 2.75) is 38.3 Å². The molecule has 1 aromatic rings. The molecule has 1 atom stereocenters. The Kier molecular flexibility index (Phi) is 4.29. The molecule has 2 fully saturated rings. The first-order valence-electron chi connectivity index (χ1n) is 8.14. The lowest BCUT2D eigenvalue weighted by Crippen LogP contribution is -2.49. The van der Waals surface area contributed by atoms with E-state index in [0.717, 1.165) is 6.07 Å². The largest absolute Gasteiger partial charge is 0.325 e. The van der Waals surface area contributed by atoms with Gasteiger partial charge in [-0.25, -0.2) is 13.6 Å². The zero-order valence-corrected chi connectivity index (χ0v) is 13.8. The molecular weight excluding hydrogens is 316 g/mol. The molecule has 0 aliphatic carbocycles. The van der Waals surface area contributed by atoms with Crippen LogP contribution in [0, 0.1) is 11.6 Å². The number of benzene rings is 1. The fraction of sp³-hybridized carbons (Fsp3) is 0.529. The number of rotatable bonds is 4. The lowest BCUT2D eigenvalue weighted by molar-refractivity contribution is -0.132. The predicted molar refractivity (Wildman–Crippen MR) is 84.4 cm³/mol. The summed E-state index contributed by atoms with van der Waals surface area (Å²) in [6.45, 7) is 5.38. The maximum Gasteiger partial charge on any atom is 0.325 e. The van der Waals surface area contributed by atoms with Crippen LogP contribution in [0.1, 0.15) is 25.8 Å². The molecule has 1 N–H and O–H groups in total. The molecule has 130 valence electrons. The molecule has 2 saturated heterocycles. The van der Waals surface area contributed by atoms with E-state index in [4.69, 9.17) is 0 Å². The number of imide groups is 1. The molecule has 0 aromatic heterocycles. The highest BCUT2D eigenvalue weighted by molar-refractivity contribution is 6.07. The van der Waals surface area contributed by atoms with Gasteiger partial charge >= 0.3 is 6.03 Å². The normalized spacial score (nSPS) is 24.5. The van der Waals surface area contributed by atoms with Gasteiger partial charge in [-0.1, -0.05) is 6.07 Å². The monoisotopic (exact) mass is 337 g/mol. The van der Waals surface area contributed by atoms with Gasteiger partial charge < -0.3 is 10.2 Å². The Bertz CT molecular complexity index is 680. The van der Waals surface area contributed by atoms with Crippen molar-refractivity contribution in [2.75, 3.05) is 19.6 Å². The van der Waals surface area contributed by atoms with Crippen LogP contribution in [0.25, 0.3) is 0 Å². The number of carbonyl (C=O) groups excluding carboxylic acids is 2. The number of likely N-dealkylation sites (tertiary alicyclic amines) is 1. The number of hydrogen-bond donors (Lipinski definition) is 1. The lowest BCUT2D eigenvalue weighted by Gasteiger charge is -2.23. The average Bonchev–Trinajstić information content (AvgIpc) is 3.02. The van der Waals surface area contributed by atoms with E-state index < -0.39 is 17.2 Å². The summed E-state index contributed by atoms with van der Waals surface area (Å²) in [7, 11) is 0. The van der Waals surface area contributed by atoms with E-state index in [9.17, 15) is 18.4 Å². The van der Waals surface area contributed by atoms with Crippen LogP contribution in [0.4, 0.5) is 13.6 Å². The highest BCUT2D eigenvalue weighted by Gasteiger charge is 2.54. The zero-order valence-electron chi connectivity index (χ0n) is 13.8. The molecule has 1 spiro atoms. The van der Waals surface area contributed by atoms with E-state index >= 15 is 0 Å². The first-order valence-corrected chi connectivity index (χ1v) is 8.14. The zero-order chi connectivity index (χ0) is 17.5. The second-order valence-corrected chi connectivity index (χ2v) is 6.81. The van der Waals surface area contributed by atoms with Crippen molar-refractivity contribution >= 4 is 11.9 Å². The summed E-state index contributed by atoms with van der Waals surface area (Å²) in [5.74, 6) is -1.87. The molecule has 0 bridgehead atoms. The molecule has 2 aliphatic rings. The molecule has 5 nitrogen and oxygen atoms in total. The third kappa shape index (κ3) is 2.88. The first-order chi connectivity index (χ1) is 11.3. The summed E-state index contributed by atoms with van der Waals surface area (Å²) in [5.41, 5.74) is -0.129. The van der Waals surface area contributed by atoms with Crippen molar-refractivity contribution in [1.82, 2.24) is 15.1 Å². The van der Waals surface area contributed by atoms with Crippen LogP contribution < -0.4 is 5.32 Å². The number of amides is 3. The molecular formula is C17H21F2N3O2.